The highest BCUT2D eigenvalue weighted by atomic mass is 32.2. The molecule has 6 aliphatic heterocycles. The Morgan fingerprint density at radius 2 is 1.21 bits per heavy atom. The van der Waals surface area contributed by atoms with Gasteiger partial charge in [0.15, 0.2) is 25.0 Å². The normalized spacial score (nSPS) is 54.9. The van der Waals surface area contributed by atoms with Crippen LogP contribution in [0, 0.1) is 0 Å². The second-order valence-electron chi connectivity index (χ2n) is 12.0. The van der Waals surface area contributed by atoms with E-state index in [4.69, 9.17) is 42.6 Å². The molecule has 23 heteroatoms. The molecule has 0 radical (unpaired) electrons. The minimum atomic E-state index is -5.63. The first kappa shape index (κ1) is 36.0. The molecule has 0 saturated carbocycles. The van der Waals surface area contributed by atoms with Crippen LogP contribution in [0.3, 0.4) is 0 Å². The number of aliphatic hydroxyl groups is 10. The molecule has 6 saturated heterocycles. The van der Waals surface area contributed by atoms with E-state index in [1.165, 1.54) is 0 Å². The fourth-order valence-electron chi connectivity index (χ4n) is 6.59. The van der Waals surface area contributed by atoms with Gasteiger partial charge in [0.25, 0.3) is 0 Å². The zero-order valence-corrected chi connectivity index (χ0v) is 24.9. The highest BCUT2D eigenvalue weighted by Crippen LogP contribution is 2.42. The highest BCUT2D eigenvalue weighted by molar-refractivity contribution is 7.87. The lowest BCUT2D eigenvalue weighted by molar-refractivity contribution is -0.378. The predicted octanol–water partition coefficient (Wildman–Crippen LogP) is -8.44. The van der Waals surface area contributed by atoms with Gasteiger partial charge in [0, 0.05) is 0 Å². The number of aliphatic hydroxyl groups excluding tert-OH is 10. The second-order valence-corrected chi connectivity index (χ2v) is 13.5. The largest absolute Gasteiger partial charge is 0.394 e. The van der Waals surface area contributed by atoms with Crippen LogP contribution in [0.15, 0.2) is 0 Å². The number of rotatable bonds is 9. The molecule has 47 heavy (non-hydrogen) atoms. The van der Waals surface area contributed by atoms with Gasteiger partial charge < -0.3 is 93.7 Å². The minimum absolute atomic E-state index is 0.0759. The van der Waals surface area contributed by atoms with Gasteiger partial charge in [-0.25, -0.2) is 0 Å². The van der Waals surface area contributed by atoms with Crippen molar-refractivity contribution < 1.29 is 107 Å². The SMILES string of the molecule is O=S(=O)(O)[C@]1(O[C@@H]2[C@H]3OC[C@@H]2O[C@@H](O[C@@H]2[C@@H](O)[C@H](O[C@@H]4[C@H]5OC[C@@H]4O[C@@H](O)[C@H]5O)O[C@H](CO)[C@H]2O)[C@H]3O)O[C@H](CO)[C@H](O)[C@H](O)[C@H]1O. The van der Waals surface area contributed by atoms with Crippen molar-refractivity contribution >= 4 is 10.1 Å². The van der Waals surface area contributed by atoms with Crippen LogP contribution in [-0.2, 0) is 52.7 Å². The van der Waals surface area contributed by atoms with Gasteiger partial charge in [-0.2, -0.15) is 8.42 Å². The molecule has 272 valence electrons. The van der Waals surface area contributed by atoms with E-state index in [2.05, 4.69) is 0 Å². The first-order valence-corrected chi connectivity index (χ1v) is 16.1. The molecule has 0 amide bonds. The molecule has 6 fully saturated rings. The Morgan fingerprint density at radius 3 is 1.83 bits per heavy atom. The van der Waals surface area contributed by atoms with Crippen LogP contribution in [0.25, 0.3) is 0 Å². The maximum absolute atomic E-state index is 12.5. The van der Waals surface area contributed by atoms with Crippen molar-refractivity contribution in [2.75, 3.05) is 26.4 Å². The summed E-state index contributed by atoms with van der Waals surface area (Å²) in [6.45, 7) is -2.35. The average Bonchev–Trinajstić information content (AvgIpc) is 3.51. The minimum Gasteiger partial charge on any atom is -0.394 e. The van der Waals surface area contributed by atoms with Gasteiger partial charge in [-0.3, -0.25) is 4.55 Å². The van der Waals surface area contributed by atoms with Crippen LogP contribution in [0.5, 0.6) is 0 Å². The molecule has 6 aliphatic rings. The lowest BCUT2D eigenvalue weighted by Gasteiger charge is -2.49. The lowest BCUT2D eigenvalue weighted by Crippen LogP contribution is -2.71. The van der Waals surface area contributed by atoms with Gasteiger partial charge >= 0.3 is 15.2 Å². The molecule has 0 aromatic heterocycles. The smallest absolute Gasteiger partial charge is 0.330 e. The van der Waals surface area contributed by atoms with E-state index in [0.717, 1.165) is 0 Å². The molecule has 6 heterocycles. The molecule has 0 aromatic rings. The summed E-state index contributed by atoms with van der Waals surface area (Å²) in [7, 11) is -5.63. The summed E-state index contributed by atoms with van der Waals surface area (Å²) < 4.78 is 84.5. The Hall–Kier alpha value is -0.850. The first-order valence-electron chi connectivity index (χ1n) is 14.6. The van der Waals surface area contributed by atoms with E-state index in [1.54, 1.807) is 0 Å². The summed E-state index contributed by atoms with van der Waals surface area (Å²) in [4.78, 5) is 0. The molecular weight excluding hydrogens is 672 g/mol. The number of ether oxygens (including phenoxy) is 9. The molecule has 0 aliphatic carbocycles. The van der Waals surface area contributed by atoms with Crippen molar-refractivity contribution in [3.63, 3.8) is 0 Å². The maximum Gasteiger partial charge on any atom is 0.330 e. The Labute approximate surface area is 265 Å². The van der Waals surface area contributed by atoms with Crippen molar-refractivity contribution in [3.8, 4) is 0 Å². The van der Waals surface area contributed by atoms with E-state index in [0.29, 0.717) is 0 Å². The van der Waals surface area contributed by atoms with Gasteiger partial charge in [0.2, 0.25) is 0 Å². The second kappa shape index (κ2) is 13.4. The van der Waals surface area contributed by atoms with Crippen molar-refractivity contribution in [2.24, 2.45) is 0 Å². The van der Waals surface area contributed by atoms with Gasteiger partial charge in [0.1, 0.15) is 91.6 Å². The molecule has 0 unspecified atom stereocenters. The molecule has 0 spiro atoms. The van der Waals surface area contributed by atoms with Crippen molar-refractivity contribution in [2.45, 2.75) is 122 Å². The summed E-state index contributed by atoms with van der Waals surface area (Å²) in [6.07, 6.45) is -31.5. The molecular formula is C24H38O22S. The number of hydrogen-bond acceptors (Lipinski definition) is 21. The van der Waals surface area contributed by atoms with Gasteiger partial charge in [-0.05, 0) is 0 Å². The third-order valence-electron chi connectivity index (χ3n) is 9.13. The monoisotopic (exact) mass is 710 g/mol. The molecule has 6 rings (SSSR count). The molecule has 4 bridgehead atoms. The molecule has 20 atom stereocenters. The summed E-state index contributed by atoms with van der Waals surface area (Å²) in [6, 6.07) is 0. The van der Waals surface area contributed by atoms with Gasteiger partial charge in [0.05, 0.1) is 26.4 Å². The molecule has 22 nitrogen and oxygen atoms in total. The van der Waals surface area contributed by atoms with Crippen LogP contribution in [0.2, 0.25) is 0 Å². The van der Waals surface area contributed by atoms with Crippen LogP contribution < -0.4 is 0 Å². The van der Waals surface area contributed by atoms with Gasteiger partial charge in [-0.15, -0.1) is 0 Å². The summed E-state index contributed by atoms with van der Waals surface area (Å²) >= 11 is 0. The fourth-order valence-corrected chi connectivity index (χ4v) is 7.52. The summed E-state index contributed by atoms with van der Waals surface area (Å²) in [5.41, 5.74) is 0. The topological polar surface area (TPSA) is 340 Å². The third-order valence-corrected chi connectivity index (χ3v) is 10.3. The number of hydrogen-bond donors (Lipinski definition) is 11. The maximum atomic E-state index is 12.5. The third kappa shape index (κ3) is 6.02. The van der Waals surface area contributed by atoms with Crippen molar-refractivity contribution in [1.82, 2.24) is 0 Å². The molecule has 0 aromatic carbocycles. The standard InChI is InChI=1S/C24H38O22S/c25-1-5-10(28)17(13(31)22(41-5)43-15-7-3-38-18(15)12(30)21(34)40-7)44-23-14(32)19-16(8(42-23)4-39-19)46-24(47(35,36)37)20(33)11(29)9(27)6(2-26)45-24/h5-23,25-34H,1-4H2,(H,35,36,37)/t5-,6-,7+,8+,9+,10-,11+,12+,13-,14+,15+,16+,17+,18+,19+,20-,21-,22+,23+,24+/m1/s1. The molecule has 11 N–H and O–H groups in total. The Bertz CT molecular complexity index is 1210. The van der Waals surface area contributed by atoms with Crippen LogP contribution >= 0.6 is 0 Å². The fraction of sp³-hybridized carbons (Fsp3) is 1.00. The average molecular weight is 711 g/mol. The van der Waals surface area contributed by atoms with E-state index in [1.807, 2.05) is 0 Å². The van der Waals surface area contributed by atoms with Crippen molar-refractivity contribution in [1.29, 1.82) is 0 Å². The first-order chi connectivity index (χ1) is 22.1. The zero-order valence-electron chi connectivity index (χ0n) is 24.1. The highest BCUT2D eigenvalue weighted by Gasteiger charge is 2.66. The van der Waals surface area contributed by atoms with E-state index < -0.39 is 152 Å². The van der Waals surface area contributed by atoms with Crippen LogP contribution in [-0.4, -0.2) is 212 Å². The Morgan fingerprint density at radius 1 is 0.638 bits per heavy atom. The van der Waals surface area contributed by atoms with E-state index >= 15 is 0 Å². The van der Waals surface area contributed by atoms with E-state index in [9.17, 15) is 64.0 Å². The Kier molecular flexibility index (Phi) is 10.2. The lowest BCUT2D eigenvalue weighted by atomic mass is 9.96. The van der Waals surface area contributed by atoms with Gasteiger partial charge in [-0.1, -0.05) is 0 Å². The quantitative estimate of drug-likeness (QED) is 0.0989. The summed E-state index contributed by atoms with van der Waals surface area (Å²) in [5.74, 6) is 0. The zero-order chi connectivity index (χ0) is 34.2. The predicted molar refractivity (Wildman–Crippen MR) is 138 cm³/mol. The summed E-state index contributed by atoms with van der Waals surface area (Å²) in [5, 5.41) is 100.0. The number of fused-ring (bicyclic) bond motifs is 4. The van der Waals surface area contributed by atoms with Crippen LogP contribution in [0.4, 0.5) is 0 Å². The van der Waals surface area contributed by atoms with Crippen molar-refractivity contribution in [3.05, 3.63) is 0 Å². The van der Waals surface area contributed by atoms with Crippen LogP contribution in [0.1, 0.15) is 0 Å². The Balaban J connectivity index is 1.18. The van der Waals surface area contributed by atoms with E-state index in [-0.39, 0.29) is 6.61 Å².